The molecule has 2 saturated heterocycles. The topological polar surface area (TPSA) is 151 Å². The van der Waals surface area contributed by atoms with Gasteiger partial charge >= 0.3 is 7.82 Å². The molecule has 3 aliphatic rings. The number of phosphoric ester groups is 1. The summed E-state index contributed by atoms with van der Waals surface area (Å²) in [4.78, 5) is 2.85. The molecular formula is C31H42N3O9P. The lowest BCUT2D eigenvalue weighted by molar-refractivity contribution is -0.281. The van der Waals surface area contributed by atoms with Gasteiger partial charge in [-0.1, -0.05) is 80.5 Å². The van der Waals surface area contributed by atoms with Crippen molar-refractivity contribution in [1.82, 2.24) is 0 Å². The highest BCUT2D eigenvalue weighted by Crippen LogP contribution is 2.56. The number of hydrogen-bond acceptors (Lipinski definition) is 10. The Balaban J connectivity index is 1.27. The van der Waals surface area contributed by atoms with E-state index in [1.165, 1.54) is 0 Å². The Hall–Kier alpha value is -2.34. The molecule has 2 aromatic rings. The van der Waals surface area contributed by atoms with Gasteiger partial charge in [-0.05, 0) is 35.1 Å². The van der Waals surface area contributed by atoms with Gasteiger partial charge in [0.2, 0.25) is 0 Å². The monoisotopic (exact) mass is 631 g/mol. The summed E-state index contributed by atoms with van der Waals surface area (Å²) in [6, 6.07) is 16.7. The molecule has 240 valence electrons. The molecule has 5 rings (SSSR count). The molecule has 0 aromatic heterocycles. The summed E-state index contributed by atoms with van der Waals surface area (Å²) in [7, 11) is -3.95. The number of ether oxygens (including phenoxy) is 4. The van der Waals surface area contributed by atoms with E-state index in [1.54, 1.807) is 6.92 Å². The van der Waals surface area contributed by atoms with Gasteiger partial charge in [0.15, 0.2) is 6.29 Å². The molecule has 2 fully saturated rings. The molecule has 0 amide bonds. The second-order valence-corrected chi connectivity index (χ2v) is 13.5. The Kier molecular flexibility index (Phi) is 11.1. The first-order chi connectivity index (χ1) is 21.2. The van der Waals surface area contributed by atoms with Crippen LogP contribution in [0.3, 0.4) is 0 Å². The van der Waals surface area contributed by atoms with Gasteiger partial charge in [-0.2, -0.15) is 0 Å². The number of benzene rings is 2. The maximum atomic E-state index is 13.8. The SMILES string of the molecule is CC1[C@H](OCC2O[C@@H](C)C(N=[N+]=[N-])[C@@H](O)[C@@H]2C)OC(COCc2ccccc2)[C@@H](OP2(=O)OCc3ccccc3CO2)[C@@H]1C. The molecule has 3 aliphatic heterocycles. The third-order valence-electron chi connectivity index (χ3n) is 8.93. The highest BCUT2D eigenvalue weighted by atomic mass is 31.2. The summed E-state index contributed by atoms with van der Waals surface area (Å²) in [5, 5.41) is 14.5. The van der Waals surface area contributed by atoms with Gasteiger partial charge in [0.1, 0.15) is 12.2 Å². The van der Waals surface area contributed by atoms with Crippen LogP contribution in [0.5, 0.6) is 0 Å². The first-order valence-corrected chi connectivity index (χ1v) is 16.6. The van der Waals surface area contributed by atoms with Crippen LogP contribution < -0.4 is 0 Å². The van der Waals surface area contributed by atoms with Crippen LogP contribution in [0.1, 0.15) is 44.4 Å². The minimum absolute atomic E-state index is 0.107. The van der Waals surface area contributed by atoms with E-state index in [-0.39, 0.29) is 44.2 Å². The van der Waals surface area contributed by atoms with Gasteiger partial charge in [0.25, 0.3) is 0 Å². The normalized spacial score (nSPS) is 35.2. The van der Waals surface area contributed by atoms with Crippen molar-refractivity contribution in [2.24, 2.45) is 22.9 Å². The maximum absolute atomic E-state index is 13.8. The Morgan fingerprint density at radius 2 is 1.57 bits per heavy atom. The summed E-state index contributed by atoms with van der Waals surface area (Å²) in [6.07, 6.45) is -3.77. The van der Waals surface area contributed by atoms with E-state index in [9.17, 15) is 9.67 Å². The van der Waals surface area contributed by atoms with E-state index in [2.05, 4.69) is 10.0 Å². The van der Waals surface area contributed by atoms with E-state index in [0.29, 0.717) is 6.61 Å². The molecule has 44 heavy (non-hydrogen) atoms. The first-order valence-electron chi connectivity index (χ1n) is 15.1. The summed E-state index contributed by atoms with van der Waals surface area (Å²) in [5.74, 6) is -0.706. The number of hydrogen-bond donors (Lipinski definition) is 1. The van der Waals surface area contributed by atoms with Gasteiger partial charge in [-0.3, -0.25) is 13.6 Å². The highest BCUT2D eigenvalue weighted by molar-refractivity contribution is 7.48. The highest BCUT2D eigenvalue weighted by Gasteiger charge is 2.48. The minimum atomic E-state index is -3.95. The second kappa shape index (κ2) is 14.8. The third-order valence-corrected chi connectivity index (χ3v) is 10.3. The fraction of sp³-hybridized carbons (Fsp3) is 0.613. The molecule has 0 spiro atoms. The summed E-state index contributed by atoms with van der Waals surface area (Å²) >= 11 is 0. The molecule has 2 aromatic carbocycles. The van der Waals surface area contributed by atoms with Crippen molar-refractivity contribution in [3.05, 3.63) is 81.7 Å². The van der Waals surface area contributed by atoms with E-state index < -0.39 is 50.7 Å². The predicted octanol–water partition coefficient (Wildman–Crippen LogP) is 5.92. The average Bonchev–Trinajstić information content (AvgIpc) is 3.20. The van der Waals surface area contributed by atoms with E-state index in [1.807, 2.05) is 75.4 Å². The fourth-order valence-corrected chi connectivity index (χ4v) is 7.31. The zero-order chi connectivity index (χ0) is 31.3. The average molecular weight is 632 g/mol. The fourth-order valence-electron chi connectivity index (χ4n) is 5.89. The number of aliphatic hydroxyl groups excluding tert-OH is 1. The maximum Gasteiger partial charge on any atom is 0.475 e. The van der Waals surface area contributed by atoms with Crippen molar-refractivity contribution in [2.45, 2.75) is 90.4 Å². The first kappa shape index (κ1) is 33.0. The predicted molar refractivity (Wildman–Crippen MR) is 160 cm³/mol. The lowest BCUT2D eigenvalue weighted by Gasteiger charge is -2.45. The zero-order valence-corrected chi connectivity index (χ0v) is 26.4. The number of phosphoric acid groups is 1. The minimum Gasteiger partial charge on any atom is -0.392 e. The van der Waals surface area contributed by atoms with Crippen LogP contribution in [0.25, 0.3) is 10.4 Å². The largest absolute Gasteiger partial charge is 0.475 e. The van der Waals surface area contributed by atoms with Gasteiger partial charge in [0.05, 0.1) is 57.4 Å². The molecule has 0 aliphatic carbocycles. The second-order valence-electron chi connectivity index (χ2n) is 11.9. The molecule has 1 N–H and O–H groups in total. The summed E-state index contributed by atoms with van der Waals surface area (Å²) < 4.78 is 56.4. The van der Waals surface area contributed by atoms with Crippen molar-refractivity contribution in [3.63, 3.8) is 0 Å². The number of fused-ring (bicyclic) bond motifs is 1. The van der Waals surface area contributed by atoms with Crippen LogP contribution in [-0.2, 0) is 56.9 Å². The van der Waals surface area contributed by atoms with Crippen molar-refractivity contribution in [1.29, 1.82) is 0 Å². The molecule has 0 radical (unpaired) electrons. The smallest absolute Gasteiger partial charge is 0.392 e. The lowest BCUT2D eigenvalue weighted by atomic mass is 9.84. The van der Waals surface area contributed by atoms with Gasteiger partial charge in [-0.15, -0.1) is 0 Å². The number of azide groups is 1. The van der Waals surface area contributed by atoms with Crippen molar-refractivity contribution in [3.8, 4) is 0 Å². The molecular weight excluding hydrogens is 589 g/mol. The quantitative estimate of drug-likeness (QED) is 0.146. The van der Waals surface area contributed by atoms with Crippen LogP contribution in [-0.4, -0.2) is 61.2 Å². The van der Waals surface area contributed by atoms with Crippen molar-refractivity contribution >= 4 is 7.82 Å². The van der Waals surface area contributed by atoms with Crippen molar-refractivity contribution in [2.75, 3.05) is 13.2 Å². The van der Waals surface area contributed by atoms with Crippen LogP contribution >= 0.6 is 7.82 Å². The number of nitrogens with zero attached hydrogens (tertiary/aromatic N) is 3. The Morgan fingerprint density at radius 3 is 2.23 bits per heavy atom. The molecule has 12 nitrogen and oxygen atoms in total. The van der Waals surface area contributed by atoms with Crippen molar-refractivity contribution < 1.29 is 42.2 Å². The van der Waals surface area contributed by atoms with Crippen LogP contribution in [0, 0.1) is 17.8 Å². The third kappa shape index (κ3) is 7.71. The number of aliphatic hydroxyl groups is 1. The van der Waals surface area contributed by atoms with Gasteiger partial charge in [-0.25, -0.2) is 4.57 Å². The van der Waals surface area contributed by atoms with Crippen LogP contribution in [0.2, 0.25) is 0 Å². The van der Waals surface area contributed by atoms with Crippen LogP contribution in [0.15, 0.2) is 59.7 Å². The van der Waals surface area contributed by atoms with Gasteiger partial charge in [0, 0.05) is 16.7 Å². The van der Waals surface area contributed by atoms with E-state index in [0.717, 1.165) is 16.7 Å². The molecule has 10 atom stereocenters. The molecule has 0 saturated carbocycles. The van der Waals surface area contributed by atoms with E-state index in [4.69, 9.17) is 38.0 Å². The molecule has 3 heterocycles. The van der Waals surface area contributed by atoms with Gasteiger partial charge < -0.3 is 24.1 Å². The molecule has 13 heteroatoms. The summed E-state index contributed by atoms with van der Waals surface area (Å²) in [5.41, 5.74) is 11.7. The number of rotatable bonds is 10. The Bertz CT molecular complexity index is 1300. The molecule has 0 bridgehead atoms. The standard InChI is InChI=1S/C31H42N3O9P/c1-19-20(2)31(38-18-26-21(3)29(35)28(33-34-32)22(4)41-26)42-27(17-37-14-23-10-6-5-7-11-23)30(19)43-44(36)39-15-24-12-8-9-13-25(24)16-40-44/h5-13,19-22,26-31,35H,14-18H2,1-4H3/t19-,20?,21-,22+,26?,27?,28?,29+,30+,31-/m1/s1. The molecule has 4 unspecified atom stereocenters. The Morgan fingerprint density at radius 1 is 0.909 bits per heavy atom. The summed E-state index contributed by atoms with van der Waals surface area (Å²) in [6.45, 7) is 8.45. The Labute approximate surface area is 258 Å². The zero-order valence-electron chi connectivity index (χ0n) is 25.5. The lowest BCUT2D eigenvalue weighted by Crippen LogP contribution is -2.55. The van der Waals surface area contributed by atoms with Crippen LogP contribution in [0.4, 0.5) is 0 Å². The van der Waals surface area contributed by atoms with E-state index >= 15 is 0 Å².